The van der Waals surface area contributed by atoms with Crippen molar-refractivity contribution < 1.29 is 0 Å². The second-order valence-electron chi connectivity index (χ2n) is 4.31. The molecule has 0 aromatic carbocycles. The average molecular weight is 326 g/mol. The van der Waals surface area contributed by atoms with E-state index in [4.69, 9.17) is 0 Å². The lowest BCUT2D eigenvalue weighted by molar-refractivity contribution is 0.833. The first-order valence-electron chi connectivity index (χ1n) is 5.81. The number of thiazole rings is 1. The molecule has 3 nitrogen and oxygen atoms in total. The van der Waals surface area contributed by atoms with Gasteiger partial charge in [0.2, 0.25) is 0 Å². The van der Waals surface area contributed by atoms with E-state index < -0.39 is 0 Å². The highest BCUT2D eigenvalue weighted by molar-refractivity contribution is 9.10. The van der Waals surface area contributed by atoms with Gasteiger partial charge >= 0.3 is 0 Å². The molecule has 0 bridgehead atoms. The average Bonchev–Trinajstić information content (AvgIpc) is 2.62. The molecule has 0 spiro atoms. The minimum atomic E-state index is 0.191. The van der Waals surface area contributed by atoms with Crippen molar-refractivity contribution in [3.05, 3.63) is 38.0 Å². The van der Waals surface area contributed by atoms with Crippen LogP contribution in [0.25, 0.3) is 0 Å². The molecule has 2 aromatic rings. The number of pyridine rings is 1. The van der Waals surface area contributed by atoms with Crippen molar-refractivity contribution in [2.45, 2.75) is 33.7 Å². The highest BCUT2D eigenvalue weighted by Gasteiger charge is 2.14. The Kier molecular flexibility index (Phi) is 4.02. The van der Waals surface area contributed by atoms with Crippen molar-refractivity contribution in [2.24, 2.45) is 0 Å². The van der Waals surface area contributed by atoms with Crippen LogP contribution in [0.15, 0.2) is 16.7 Å². The summed E-state index contributed by atoms with van der Waals surface area (Å²) >= 11 is 5.11. The van der Waals surface area contributed by atoms with Gasteiger partial charge in [-0.15, -0.1) is 11.3 Å². The van der Waals surface area contributed by atoms with E-state index in [1.54, 1.807) is 11.3 Å². The number of aryl methyl sites for hydroxylation is 3. The van der Waals surface area contributed by atoms with Crippen LogP contribution in [0, 0.1) is 20.8 Å². The van der Waals surface area contributed by atoms with Crippen molar-refractivity contribution in [1.29, 1.82) is 0 Å². The summed E-state index contributed by atoms with van der Waals surface area (Å²) in [5, 5.41) is 4.58. The number of anilines is 1. The van der Waals surface area contributed by atoms with Crippen molar-refractivity contribution in [1.82, 2.24) is 9.97 Å². The van der Waals surface area contributed by atoms with Crippen molar-refractivity contribution in [2.75, 3.05) is 5.32 Å². The third-order valence-corrected chi connectivity index (χ3v) is 4.12. The molecule has 96 valence electrons. The maximum Gasteiger partial charge on any atom is 0.106 e. The monoisotopic (exact) mass is 325 g/mol. The number of hydrogen-bond acceptors (Lipinski definition) is 4. The van der Waals surface area contributed by atoms with Gasteiger partial charge in [-0.25, -0.2) is 9.97 Å². The summed E-state index contributed by atoms with van der Waals surface area (Å²) in [6.45, 7) is 8.28. The van der Waals surface area contributed by atoms with Gasteiger partial charge in [0.05, 0.1) is 28.1 Å². The fraction of sp³-hybridized carbons (Fsp3) is 0.385. The van der Waals surface area contributed by atoms with Gasteiger partial charge < -0.3 is 5.32 Å². The van der Waals surface area contributed by atoms with Crippen LogP contribution >= 0.6 is 27.3 Å². The van der Waals surface area contributed by atoms with Crippen LogP contribution in [0.5, 0.6) is 0 Å². The van der Waals surface area contributed by atoms with Gasteiger partial charge in [-0.1, -0.05) is 0 Å². The fourth-order valence-corrected chi connectivity index (χ4v) is 3.24. The Balaban J connectivity index is 2.21. The zero-order valence-electron chi connectivity index (χ0n) is 10.9. The summed E-state index contributed by atoms with van der Waals surface area (Å²) in [4.78, 5) is 10.2. The predicted octanol–water partition coefficient (Wildman–Crippen LogP) is 4.40. The number of halogens is 1. The quantitative estimate of drug-likeness (QED) is 0.850. The third-order valence-electron chi connectivity index (χ3n) is 2.77. The molecule has 0 aliphatic carbocycles. The minimum Gasteiger partial charge on any atom is -0.375 e. The lowest BCUT2D eigenvalue weighted by atomic mass is 10.2. The summed E-state index contributed by atoms with van der Waals surface area (Å²) in [5.74, 6) is 0. The van der Waals surface area contributed by atoms with Gasteiger partial charge in [-0.3, -0.25) is 0 Å². The Hall–Kier alpha value is -0.940. The molecule has 2 rings (SSSR count). The van der Waals surface area contributed by atoms with Crippen LogP contribution in [0.1, 0.15) is 34.2 Å². The van der Waals surface area contributed by atoms with Crippen molar-refractivity contribution in [3.8, 4) is 0 Å². The smallest absolute Gasteiger partial charge is 0.106 e. The summed E-state index contributed by atoms with van der Waals surface area (Å²) < 4.78 is 0.860. The number of nitrogens with one attached hydrogen (secondary N) is 1. The summed E-state index contributed by atoms with van der Waals surface area (Å²) in [6, 6.07) is 4.18. The molecule has 0 saturated carbocycles. The first kappa shape index (κ1) is 13.5. The molecule has 0 amide bonds. The highest BCUT2D eigenvalue weighted by atomic mass is 79.9. The molecule has 2 aromatic heterocycles. The molecule has 0 radical (unpaired) electrons. The van der Waals surface area contributed by atoms with E-state index in [0.717, 1.165) is 26.7 Å². The maximum atomic E-state index is 4.58. The largest absolute Gasteiger partial charge is 0.375 e. The normalized spacial score (nSPS) is 12.5. The Morgan fingerprint density at radius 3 is 2.50 bits per heavy atom. The van der Waals surface area contributed by atoms with E-state index in [1.165, 1.54) is 4.88 Å². The number of aromatic nitrogens is 2. The third kappa shape index (κ3) is 2.90. The Morgan fingerprint density at radius 2 is 1.94 bits per heavy atom. The lowest BCUT2D eigenvalue weighted by Gasteiger charge is -2.15. The summed E-state index contributed by atoms with van der Waals surface area (Å²) in [6.07, 6.45) is 0. The molecule has 5 heteroatoms. The Labute approximate surface area is 120 Å². The molecule has 0 saturated heterocycles. The molecule has 1 unspecified atom stereocenters. The molecule has 1 atom stereocenters. The van der Waals surface area contributed by atoms with Gasteiger partial charge in [-0.2, -0.15) is 0 Å². The van der Waals surface area contributed by atoms with E-state index in [-0.39, 0.29) is 6.04 Å². The summed E-state index contributed by atoms with van der Waals surface area (Å²) in [5.41, 5.74) is 3.16. The SMILES string of the molecule is Cc1nc(C(C)Nc2ccc(Br)nc2C)c(C)s1. The molecule has 1 N–H and O–H groups in total. The van der Waals surface area contributed by atoms with Crippen molar-refractivity contribution >= 4 is 33.0 Å². The molecule has 0 aliphatic heterocycles. The fourth-order valence-electron chi connectivity index (χ4n) is 1.93. The number of rotatable bonds is 3. The molecular formula is C13H16BrN3S. The topological polar surface area (TPSA) is 37.8 Å². The van der Waals surface area contributed by atoms with Gasteiger partial charge in [-0.05, 0) is 55.8 Å². The van der Waals surface area contributed by atoms with E-state index in [1.807, 2.05) is 26.0 Å². The van der Waals surface area contributed by atoms with Crippen LogP contribution in [-0.2, 0) is 0 Å². The van der Waals surface area contributed by atoms with Crippen molar-refractivity contribution in [3.63, 3.8) is 0 Å². The minimum absolute atomic E-state index is 0.191. The van der Waals surface area contributed by atoms with Gasteiger partial charge in [0, 0.05) is 4.88 Å². The highest BCUT2D eigenvalue weighted by Crippen LogP contribution is 2.26. The van der Waals surface area contributed by atoms with Gasteiger partial charge in [0.1, 0.15) is 4.60 Å². The second-order valence-corrected chi connectivity index (χ2v) is 6.53. The summed E-state index contributed by atoms with van der Waals surface area (Å²) in [7, 11) is 0. The van der Waals surface area contributed by atoms with Crippen LogP contribution < -0.4 is 5.32 Å². The van der Waals surface area contributed by atoms with Gasteiger partial charge in [0.25, 0.3) is 0 Å². The predicted molar refractivity (Wildman–Crippen MR) is 80.3 cm³/mol. The molecule has 0 aliphatic rings. The standard InChI is InChI=1S/C13H16BrN3S/c1-7-11(5-6-12(14)16-7)15-8(2)13-9(3)18-10(4)17-13/h5-6,8,15H,1-4H3. The van der Waals surface area contributed by atoms with Crippen LogP contribution in [0.2, 0.25) is 0 Å². The molecule has 18 heavy (non-hydrogen) atoms. The maximum absolute atomic E-state index is 4.58. The van der Waals surface area contributed by atoms with Crippen LogP contribution in [-0.4, -0.2) is 9.97 Å². The Bertz CT molecular complexity index is 565. The molecule has 0 fully saturated rings. The zero-order chi connectivity index (χ0) is 13.3. The van der Waals surface area contributed by atoms with Crippen LogP contribution in [0.3, 0.4) is 0 Å². The molecule has 2 heterocycles. The first-order chi connectivity index (χ1) is 8.47. The van der Waals surface area contributed by atoms with E-state index >= 15 is 0 Å². The van der Waals surface area contributed by atoms with Crippen LogP contribution in [0.4, 0.5) is 5.69 Å². The van der Waals surface area contributed by atoms with Gasteiger partial charge in [0.15, 0.2) is 0 Å². The van der Waals surface area contributed by atoms with E-state index in [0.29, 0.717) is 0 Å². The Morgan fingerprint density at radius 1 is 1.22 bits per heavy atom. The number of nitrogens with zero attached hydrogens (tertiary/aromatic N) is 2. The number of hydrogen-bond donors (Lipinski definition) is 1. The molecular weight excluding hydrogens is 310 g/mol. The lowest BCUT2D eigenvalue weighted by Crippen LogP contribution is -2.09. The zero-order valence-corrected chi connectivity index (χ0v) is 13.3. The first-order valence-corrected chi connectivity index (χ1v) is 7.42. The van der Waals surface area contributed by atoms with E-state index in [9.17, 15) is 0 Å². The van der Waals surface area contributed by atoms with E-state index in [2.05, 4.69) is 45.1 Å². The second kappa shape index (κ2) is 5.36.